The lowest BCUT2D eigenvalue weighted by Gasteiger charge is -2.12. The van der Waals surface area contributed by atoms with Crippen molar-refractivity contribution in [2.45, 2.75) is 25.3 Å². The topological polar surface area (TPSA) is 26.0 Å². The van der Waals surface area contributed by atoms with Crippen LogP contribution < -0.4 is 5.73 Å². The van der Waals surface area contributed by atoms with E-state index < -0.39 is 0 Å². The van der Waals surface area contributed by atoms with Gasteiger partial charge in [0.05, 0.1) is 6.04 Å². The van der Waals surface area contributed by atoms with E-state index in [1.54, 1.807) is 6.08 Å². The summed E-state index contributed by atoms with van der Waals surface area (Å²) in [5.74, 6) is -0.128. The quantitative estimate of drug-likeness (QED) is 0.561. The molecule has 1 aliphatic rings. The summed E-state index contributed by atoms with van der Waals surface area (Å²) in [6, 6.07) is -0.302. The van der Waals surface area contributed by atoms with Crippen molar-refractivity contribution in [1.82, 2.24) is 0 Å². The molecule has 0 radical (unpaired) electrons. The number of halogens is 2. The molecule has 54 valence electrons. The van der Waals surface area contributed by atoms with E-state index in [2.05, 4.69) is 0 Å². The molecule has 1 unspecified atom stereocenters. The van der Waals surface area contributed by atoms with E-state index in [9.17, 15) is 4.39 Å². The van der Waals surface area contributed by atoms with Gasteiger partial charge in [0, 0.05) is 0 Å². The fourth-order valence-corrected chi connectivity index (χ4v) is 0.867. The molecule has 0 aromatic carbocycles. The van der Waals surface area contributed by atoms with Crippen LogP contribution in [0.15, 0.2) is 11.9 Å². The SMILES string of the molecule is Cl.NC1CCCC=C1F. The van der Waals surface area contributed by atoms with Gasteiger partial charge in [-0.1, -0.05) is 6.08 Å². The maximum atomic E-state index is 12.3. The second kappa shape index (κ2) is 3.85. The average Bonchev–Trinajstić information content (AvgIpc) is 1.77. The number of nitrogens with two attached hydrogens (primary N) is 1. The summed E-state index contributed by atoms with van der Waals surface area (Å²) in [7, 11) is 0. The first-order valence-corrected chi connectivity index (χ1v) is 2.92. The fraction of sp³-hybridized carbons (Fsp3) is 0.667. The lowest BCUT2D eigenvalue weighted by molar-refractivity contribution is 0.480. The molecule has 0 amide bonds. The number of allylic oxidation sites excluding steroid dienone is 1. The largest absolute Gasteiger partial charge is 0.322 e. The average molecular weight is 152 g/mol. The minimum Gasteiger partial charge on any atom is -0.322 e. The zero-order valence-electron chi connectivity index (χ0n) is 5.14. The van der Waals surface area contributed by atoms with Gasteiger partial charge in [-0.2, -0.15) is 0 Å². The van der Waals surface area contributed by atoms with Crippen LogP contribution in [0.4, 0.5) is 4.39 Å². The van der Waals surface area contributed by atoms with E-state index in [-0.39, 0.29) is 24.3 Å². The molecule has 1 aliphatic carbocycles. The van der Waals surface area contributed by atoms with Crippen LogP contribution in [-0.4, -0.2) is 6.04 Å². The van der Waals surface area contributed by atoms with Gasteiger partial charge in [0.15, 0.2) is 0 Å². The molecule has 0 bridgehead atoms. The molecule has 0 spiro atoms. The molecule has 0 saturated carbocycles. The van der Waals surface area contributed by atoms with Crippen molar-refractivity contribution in [1.29, 1.82) is 0 Å². The normalized spacial score (nSPS) is 26.4. The summed E-state index contributed by atoms with van der Waals surface area (Å²) in [5, 5.41) is 0. The summed E-state index contributed by atoms with van der Waals surface area (Å²) in [6.07, 6.45) is 4.28. The van der Waals surface area contributed by atoms with Gasteiger partial charge in [0.25, 0.3) is 0 Å². The minimum absolute atomic E-state index is 0. The second-order valence-electron chi connectivity index (χ2n) is 2.13. The van der Waals surface area contributed by atoms with E-state index in [0.717, 1.165) is 19.3 Å². The number of hydrogen-bond acceptors (Lipinski definition) is 1. The van der Waals surface area contributed by atoms with Crippen molar-refractivity contribution in [2.24, 2.45) is 5.73 Å². The Balaban J connectivity index is 0.000000640. The molecule has 0 aromatic rings. The molecular formula is C6H11ClFN. The van der Waals surface area contributed by atoms with Crippen LogP contribution in [0.3, 0.4) is 0 Å². The Morgan fingerprint density at radius 2 is 2.33 bits per heavy atom. The lowest BCUT2D eigenvalue weighted by Crippen LogP contribution is -2.22. The van der Waals surface area contributed by atoms with E-state index in [4.69, 9.17) is 5.73 Å². The van der Waals surface area contributed by atoms with Gasteiger partial charge >= 0.3 is 0 Å². The van der Waals surface area contributed by atoms with Crippen molar-refractivity contribution in [3.8, 4) is 0 Å². The van der Waals surface area contributed by atoms with Crippen LogP contribution in [0.25, 0.3) is 0 Å². The Labute approximate surface area is 60.5 Å². The van der Waals surface area contributed by atoms with Gasteiger partial charge in [0.1, 0.15) is 5.83 Å². The predicted octanol–water partition coefficient (Wildman–Crippen LogP) is 1.77. The predicted molar refractivity (Wildman–Crippen MR) is 38.3 cm³/mol. The van der Waals surface area contributed by atoms with E-state index in [1.165, 1.54) is 0 Å². The van der Waals surface area contributed by atoms with E-state index >= 15 is 0 Å². The van der Waals surface area contributed by atoms with Crippen LogP contribution in [0, 0.1) is 0 Å². The number of rotatable bonds is 0. The summed E-state index contributed by atoms with van der Waals surface area (Å²) < 4.78 is 12.3. The first kappa shape index (κ1) is 8.92. The van der Waals surface area contributed by atoms with Crippen molar-refractivity contribution in [2.75, 3.05) is 0 Å². The Bertz CT molecular complexity index is 114. The van der Waals surface area contributed by atoms with Crippen LogP contribution >= 0.6 is 12.4 Å². The minimum atomic E-state index is -0.302. The van der Waals surface area contributed by atoms with Crippen molar-refractivity contribution < 1.29 is 4.39 Å². The van der Waals surface area contributed by atoms with Gasteiger partial charge in [-0.15, -0.1) is 12.4 Å². The molecule has 0 aromatic heterocycles. The molecular weight excluding hydrogens is 141 g/mol. The Morgan fingerprint density at radius 1 is 1.67 bits per heavy atom. The van der Waals surface area contributed by atoms with Crippen molar-refractivity contribution in [3.63, 3.8) is 0 Å². The van der Waals surface area contributed by atoms with E-state index in [1.807, 2.05) is 0 Å². The van der Waals surface area contributed by atoms with Crippen LogP contribution in [0.2, 0.25) is 0 Å². The Morgan fingerprint density at radius 3 is 2.67 bits per heavy atom. The summed E-state index contributed by atoms with van der Waals surface area (Å²) >= 11 is 0. The first-order valence-electron chi connectivity index (χ1n) is 2.92. The van der Waals surface area contributed by atoms with Gasteiger partial charge in [-0.3, -0.25) is 0 Å². The summed E-state index contributed by atoms with van der Waals surface area (Å²) in [6.45, 7) is 0. The van der Waals surface area contributed by atoms with Gasteiger partial charge in [0.2, 0.25) is 0 Å². The molecule has 1 atom stereocenters. The molecule has 0 aliphatic heterocycles. The van der Waals surface area contributed by atoms with Gasteiger partial charge in [-0.25, -0.2) is 4.39 Å². The second-order valence-corrected chi connectivity index (χ2v) is 2.13. The third-order valence-electron chi connectivity index (χ3n) is 1.41. The van der Waals surface area contributed by atoms with Crippen LogP contribution in [-0.2, 0) is 0 Å². The molecule has 2 N–H and O–H groups in total. The van der Waals surface area contributed by atoms with Crippen molar-refractivity contribution >= 4 is 12.4 Å². The Kier molecular flexibility index (Phi) is 3.82. The standard InChI is InChI=1S/C6H10FN.ClH/c7-5-3-1-2-4-6(5)8;/h3,6H,1-2,4,8H2;1H. The summed E-state index contributed by atoms with van der Waals surface area (Å²) in [4.78, 5) is 0. The van der Waals surface area contributed by atoms with Crippen LogP contribution in [0.5, 0.6) is 0 Å². The fourth-order valence-electron chi connectivity index (χ4n) is 0.867. The highest BCUT2D eigenvalue weighted by Crippen LogP contribution is 2.16. The zero-order valence-corrected chi connectivity index (χ0v) is 5.96. The third-order valence-corrected chi connectivity index (χ3v) is 1.41. The summed E-state index contributed by atoms with van der Waals surface area (Å²) in [5.41, 5.74) is 5.33. The molecule has 1 rings (SSSR count). The van der Waals surface area contributed by atoms with Crippen molar-refractivity contribution in [3.05, 3.63) is 11.9 Å². The number of hydrogen-bond donors (Lipinski definition) is 1. The maximum Gasteiger partial charge on any atom is 0.113 e. The molecule has 3 heteroatoms. The lowest BCUT2D eigenvalue weighted by atomic mass is 10.0. The zero-order chi connectivity index (χ0) is 5.98. The molecule has 1 nitrogen and oxygen atoms in total. The molecule has 0 fully saturated rings. The van der Waals surface area contributed by atoms with Gasteiger partial charge in [-0.05, 0) is 19.3 Å². The molecule has 9 heavy (non-hydrogen) atoms. The maximum absolute atomic E-state index is 12.3. The highest BCUT2D eigenvalue weighted by molar-refractivity contribution is 5.85. The first-order chi connectivity index (χ1) is 3.80. The van der Waals surface area contributed by atoms with Crippen LogP contribution in [0.1, 0.15) is 19.3 Å². The van der Waals surface area contributed by atoms with E-state index in [0.29, 0.717) is 0 Å². The third kappa shape index (κ3) is 2.33. The highest BCUT2D eigenvalue weighted by Gasteiger charge is 2.11. The monoisotopic (exact) mass is 151 g/mol. The molecule has 0 saturated heterocycles. The molecule has 0 heterocycles. The Hall–Kier alpha value is -0.0800. The highest BCUT2D eigenvalue weighted by atomic mass is 35.5. The smallest absolute Gasteiger partial charge is 0.113 e. The van der Waals surface area contributed by atoms with Gasteiger partial charge < -0.3 is 5.73 Å².